The molecule has 0 fully saturated rings. The number of carboxylic acid groups (broad SMARTS) is 1. The van der Waals surface area contributed by atoms with Gasteiger partial charge in [0.2, 0.25) is 5.91 Å². The first-order chi connectivity index (χ1) is 9.54. The van der Waals surface area contributed by atoms with Crippen molar-refractivity contribution in [3.63, 3.8) is 0 Å². The Hall–Kier alpha value is -1.96. The molecule has 0 radical (unpaired) electrons. The van der Waals surface area contributed by atoms with E-state index in [1.165, 1.54) is 6.92 Å². The van der Waals surface area contributed by atoms with Crippen molar-refractivity contribution in [2.24, 2.45) is 0 Å². The van der Waals surface area contributed by atoms with Gasteiger partial charge in [0.05, 0.1) is 10.5 Å². The number of carboxylic acids is 1. The van der Waals surface area contributed by atoms with Crippen molar-refractivity contribution in [1.29, 1.82) is 0 Å². The van der Waals surface area contributed by atoms with Crippen molar-refractivity contribution in [2.45, 2.75) is 31.7 Å². The standard InChI is InChI=1S/C13H16FNO5S/c1-7(2)15-12(16)6-21(19,20)11-5-9(13(17)18)4-10(14)8(11)3/h4-5,7H,6H2,1-3H3,(H,15,16)(H,17,18). The summed E-state index contributed by atoms with van der Waals surface area (Å²) in [5.41, 5.74) is -0.696. The highest BCUT2D eigenvalue weighted by Gasteiger charge is 2.25. The van der Waals surface area contributed by atoms with Crippen LogP contribution in [0.5, 0.6) is 0 Å². The molecule has 0 aliphatic heterocycles. The topological polar surface area (TPSA) is 101 Å². The van der Waals surface area contributed by atoms with Gasteiger partial charge in [-0.25, -0.2) is 17.6 Å². The number of carbonyl (C=O) groups excluding carboxylic acids is 1. The zero-order valence-corrected chi connectivity index (χ0v) is 12.6. The fraction of sp³-hybridized carbons (Fsp3) is 0.385. The third-order valence-electron chi connectivity index (χ3n) is 2.65. The second-order valence-electron chi connectivity index (χ2n) is 4.87. The molecular weight excluding hydrogens is 301 g/mol. The maximum absolute atomic E-state index is 13.6. The van der Waals surface area contributed by atoms with E-state index in [1.807, 2.05) is 0 Å². The Morgan fingerprint density at radius 1 is 1.33 bits per heavy atom. The molecule has 0 saturated carbocycles. The molecule has 0 unspecified atom stereocenters. The van der Waals surface area contributed by atoms with E-state index in [1.54, 1.807) is 13.8 Å². The summed E-state index contributed by atoms with van der Waals surface area (Å²) < 4.78 is 38.0. The minimum absolute atomic E-state index is 0.211. The van der Waals surface area contributed by atoms with Crippen LogP contribution < -0.4 is 5.32 Å². The number of sulfone groups is 1. The number of aromatic carboxylic acids is 1. The number of carbonyl (C=O) groups is 2. The molecule has 116 valence electrons. The van der Waals surface area contributed by atoms with Crippen LogP contribution in [0.4, 0.5) is 4.39 Å². The van der Waals surface area contributed by atoms with E-state index >= 15 is 0 Å². The summed E-state index contributed by atoms with van der Waals surface area (Å²) in [4.78, 5) is 21.9. The molecule has 0 aliphatic carbocycles. The highest BCUT2D eigenvalue weighted by atomic mass is 32.2. The summed E-state index contributed by atoms with van der Waals surface area (Å²) in [6.07, 6.45) is 0. The Labute approximate surface area is 121 Å². The van der Waals surface area contributed by atoms with E-state index in [-0.39, 0.29) is 11.6 Å². The largest absolute Gasteiger partial charge is 0.478 e. The van der Waals surface area contributed by atoms with E-state index in [0.717, 1.165) is 12.1 Å². The molecule has 0 atom stereocenters. The van der Waals surface area contributed by atoms with Gasteiger partial charge < -0.3 is 10.4 Å². The smallest absolute Gasteiger partial charge is 0.335 e. The van der Waals surface area contributed by atoms with Crippen LogP contribution >= 0.6 is 0 Å². The van der Waals surface area contributed by atoms with Gasteiger partial charge in [0, 0.05) is 11.6 Å². The zero-order chi connectivity index (χ0) is 16.4. The Morgan fingerprint density at radius 3 is 2.38 bits per heavy atom. The average Bonchev–Trinajstić information content (AvgIpc) is 2.29. The lowest BCUT2D eigenvalue weighted by molar-refractivity contribution is -0.119. The molecule has 21 heavy (non-hydrogen) atoms. The van der Waals surface area contributed by atoms with Crippen molar-refractivity contribution >= 4 is 21.7 Å². The van der Waals surface area contributed by atoms with Gasteiger partial charge in [-0.2, -0.15) is 0 Å². The molecule has 1 aromatic carbocycles. The maximum atomic E-state index is 13.6. The first-order valence-corrected chi connectivity index (χ1v) is 7.75. The van der Waals surface area contributed by atoms with Crippen LogP contribution in [0.1, 0.15) is 29.8 Å². The van der Waals surface area contributed by atoms with Crippen molar-refractivity contribution in [3.05, 3.63) is 29.1 Å². The molecule has 0 spiro atoms. The highest BCUT2D eigenvalue weighted by molar-refractivity contribution is 7.92. The van der Waals surface area contributed by atoms with E-state index in [4.69, 9.17) is 5.11 Å². The maximum Gasteiger partial charge on any atom is 0.335 e. The first kappa shape index (κ1) is 17.1. The highest BCUT2D eigenvalue weighted by Crippen LogP contribution is 2.22. The summed E-state index contributed by atoms with van der Waals surface area (Å²) in [6.45, 7) is 4.55. The number of hydrogen-bond acceptors (Lipinski definition) is 4. The van der Waals surface area contributed by atoms with Gasteiger partial charge in [0.25, 0.3) is 0 Å². The van der Waals surface area contributed by atoms with Crippen LogP contribution in [0.2, 0.25) is 0 Å². The minimum atomic E-state index is -4.13. The molecule has 1 amide bonds. The molecule has 0 aromatic heterocycles. The molecule has 8 heteroatoms. The Balaban J connectivity index is 3.25. The summed E-state index contributed by atoms with van der Waals surface area (Å²) in [6, 6.07) is 1.36. The van der Waals surface area contributed by atoms with Gasteiger partial charge in [-0.1, -0.05) is 0 Å². The average molecular weight is 317 g/mol. The minimum Gasteiger partial charge on any atom is -0.478 e. The van der Waals surface area contributed by atoms with Crippen molar-refractivity contribution in [1.82, 2.24) is 5.32 Å². The van der Waals surface area contributed by atoms with E-state index in [2.05, 4.69) is 5.32 Å². The molecule has 0 heterocycles. The summed E-state index contributed by atoms with van der Waals surface area (Å²) in [7, 11) is -4.13. The normalized spacial score (nSPS) is 11.5. The number of rotatable bonds is 5. The summed E-state index contributed by atoms with van der Waals surface area (Å²) in [5, 5.41) is 11.3. The molecular formula is C13H16FNO5S. The zero-order valence-electron chi connectivity index (χ0n) is 11.8. The van der Waals surface area contributed by atoms with Crippen LogP contribution in [-0.2, 0) is 14.6 Å². The van der Waals surface area contributed by atoms with Crippen molar-refractivity contribution < 1.29 is 27.5 Å². The fourth-order valence-electron chi connectivity index (χ4n) is 1.71. The van der Waals surface area contributed by atoms with Gasteiger partial charge in [0.1, 0.15) is 11.6 Å². The fourth-order valence-corrected chi connectivity index (χ4v) is 3.17. The number of hydrogen-bond donors (Lipinski definition) is 2. The predicted molar refractivity (Wildman–Crippen MR) is 73.4 cm³/mol. The van der Waals surface area contributed by atoms with Gasteiger partial charge in [-0.3, -0.25) is 4.79 Å². The molecule has 0 bridgehead atoms. The monoisotopic (exact) mass is 317 g/mol. The van der Waals surface area contributed by atoms with E-state index in [0.29, 0.717) is 0 Å². The Morgan fingerprint density at radius 2 is 1.90 bits per heavy atom. The van der Waals surface area contributed by atoms with E-state index < -0.39 is 43.7 Å². The number of benzene rings is 1. The lowest BCUT2D eigenvalue weighted by atomic mass is 10.1. The van der Waals surface area contributed by atoms with Gasteiger partial charge in [0.15, 0.2) is 9.84 Å². The lowest BCUT2D eigenvalue weighted by Crippen LogP contribution is -2.35. The molecule has 0 saturated heterocycles. The number of amides is 1. The molecule has 2 N–H and O–H groups in total. The van der Waals surface area contributed by atoms with Crippen molar-refractivity contribution in [3.8, 4) is 0 Å². The third-order valence-corrected chi connectivity index (χ3v) is 4.39. The lowest BCUT2D eigenvalue weighted by Gasteiger charge is -2.11. The molecule has 1 rings (SSSR count). The van der Waals surface area contributed by atoms with Crippen molar-refractivity contribution in [2.75, 3.05) is 5.75 Å². The van der Waals surface area contributed by atoms with Crippen LogP contribution in [0.3, 0.4) is 0 Å². The van der Waals surface area contributed by atoms with Crippen LogP contribution in [0, 0.1) is 12.7 Å². The summed E-state index contributed by atoms with van der Waals surface area (Å²) in [5.74, 6) is -3.99. The third kappa shape index (κ3) is 4.25. The first-order valence-electron chi connectivity index (χ1n) is 6.10. The Bertz CT molecular complexity index is 682. The SMILES string of the molecule is Cc1c(F)cc(C(=O)O)cc1S(=O)(=O)CC(=O)NC(C)C. The van der Waals surface area contributed by atoms with Gasteiger partial charge in [-0.05, 0) is 32.9 Å². The summed E-state index contributed by atoms with van der Waals surface area (Å²) >= 11 is 0. The second-order valence-corrected chi connectivity index (χ2v) is 6.83. The van der Waals surface area contributed by atoms with Crippen LogP contribution in [0.25, 0.3) is 0 Å². The second kappa shape index (κ2) is 6.21. The molecule has 0 aliphatic rings. The predicted octanol–water partition coefficient (Wildman–Crippen LogP) is 1.13. The Kier molecular flexibility index (Phi) is 5.06. The van der Waals surface area contributed by atoms with Gasteiger partial charge >= 0.3 is 5.97 Å². The van der Waals surface area contributed by atoms with E-state index in [9.17, 15) is 22.4 Å². The van der Waals surface area contributed by atoms with Crippen LogP contribution in [-0.4, -0.2) is 37.2 Å². The van der Waals surface area contributed by atoms with Crippen LogP contribution in [0.15, 0.2) is 17.0 Å². The molecule has 6 nitrogen and oxygen atoms in total. The molecule has 1 aromatic rings. The van der Waals surface area contributed by atoms with Gasteiger partial charge in [-0.15, -0.1) is 0 Å². The quantitative estimate of drug-likeness (QED) is 0.848. The number of nitrogens with one attached hydrogen (secondary N) is 1. The number of halogens is 1.